The molecule has 1 aromatic heterocycles. The molecule has 0 aliphatic rings. The second-order valence-electron chi connectivity index (χ2n) is 3.93. The monoisotopic (exact) mass is 271 g/mol. The lowest BCUT2D eigenvalue weighted by Crippen LogP contribution is -2.08. The van der Waals surface area contributed by atoms with Gasteiger partial charge in [0, 0.05) is 13.0 Å². The molecule has 92 valence electrons. The van der Waals surface area contributed by atoms with Crippen LogP contribution in [0.3, 0.4) is 0 Å². The van der Waals surface area contributed by atoms with Gasteiger partial charge < -0.3 is 10.3 Å². The van der Waals surface area contributed by atoms with E-state index in [2.05, 4.69) is 16.5 Å². The van der Waals surface area contributed by atoms with E-state index in [1.807, 2.05) is 12.1 Å². The molecule has 5 heteroatoms. The number of aryl methyl sites for hydroxylation is 2. The van der Waals surface area contributed by atoms with Gasteiger partial charge in [-0.3, -0.25) is 0 Å². The van der Waals surface area contributed by atoms with E-state index in [1.165, 1.54) is 0 Å². The van der Waals surface area contributed by atoms with Gasteiger partial charge in [-0.05, 0) is 25.1 Å². The number of benzene rings is 1. The Kier molecular flexibility index (Phi) is 3.92. The Labute approximate surface area is 111 Å². The molecule has 0 unspecified atom stereocenters. The number of nitrogens with two attached hydrogens (primary N) is 1. The van der Waals surface area contributed by atoms with Crippen molar-refractivity contribution in [3.8, 4) is 0 Å². The zero-order chi connectivity index (χ0) is 12.4. The molecule has 0 amide bonds. The van der Waals surface area contributed by atoms with Crippen molar-refractivity contribution in [1.82, 2.24) is 9.55 Å². The van der Waals surface area contributed by atoms with Gasteiger partial charge in [0.05, 0.1) is 21.1 Å². The Morgan fingerprint density at radius 2 is 2.00 bits per heavy atom. The topological polar surface area (TPSA) is 43.8 Å². The van der Waals surface area contributed by atoms with Crippen molar-refractivity contribution in [3.63, 3.8) is 0 Å². The molecule has 0 atom stereocenters. The molecule has 2 N–H and O–H groups in total. The fourth-order valence-corrected chi connectivity index (χ4v) is 2.25. The molecule has 0 aliphatic heterocycles. The first kappa shape index (κ1) is 12.7. The molecule has 0 radical (unpaired) electrons. The van der Waals surface area contributed by atoms with E-state index < -0.39 is 0 Å². The summed E-state index contributed by atoms with van der Waals surface area (Å²) in [6, 6.07) is 3.69. The molecule has 2 aromatic rings. The lowest BCUT2D eigenvalue weighted by molar-refractivity contribution is 0.636. The summed E-state index contributed by atoms with van der Waals surface area (Å²) in [5.74, 6) is 1.05. The Morgan fingerprint density at radius 1 is 1.29 bits per heavy atom. The second kappa shape index (κ2) is 5.25. The first-order chi connectivity index (χ1) is 8.17. The van der Waals surface area contributed by atoms with Gasteiger partial charge in [0.2, 0.25) is 0 Å². The van der Waals surface area contributed by atoms with Crippen LogP contribution in [0, 0.1) is 0 Å². The van der Waals surface area contributed by atoms with Gasteiger partial charge in [-0.25, -0.2) is 4.98 Å². The molecule has 0 saturated heterocycles. The number of nitrogens with zero attached hydrogens (tertiary/aromatic N) is 2. The van der Waals surface area contributed by atoms with Crippen LogP contribution in [0.5, 0.6) is 0 Å². The van der Waals surface area contributed by atoms with E-state index in [0.717, 1.165) is 36.2 Å². The smallest absolute Gasteiger partial charge is 0.109 e. The average molecular weight is 272 g/mol. The lowest BCUT2D eigenvalue weighted by atomic mass is 10.3. The van der Waals surface area contributed by atoms with Gasteiger partial charge in [-0.2, -0.15) is 0 Å². The van der Waals surface area contributed by atoms with Gasteiger partial charge in [0.1, 0.15) is 5.82 Å². The van der Waals surface area contributed by atoms with Crippen LogP contribution in [0.25, 0.3) is 11.0 Å². The van der Waals surface area contributed by atoms with Crippen LogP contribution in [0.2, 0.25) is 10.0 Å². The maximum absolute atomic E-state index is 6.05. The third-order valence-electron chi connectivity index (χ3n) is 2.77. The molecule has 1 heterocycles. The first-order valence-electron chi connectivity index (χ1n) is 5.71. The van der Waals surface area contributed by atoms with E-state index in [9.17, 15) is 0 Å². The SMILES string of the molecule is CCc1nc2cc(Cl)c(Cl)cc2n1CCCN. The molecule has 0 bridgehead atoms. The quantitative estimate of drug-likeness (QED) is 0.928. The molecule has 17 heavy (non-hydrogen) atoms. The van der Waals surface area contributed by atoms with E-state index in [-0.39, 0.29) is 0 Å². The second-order valence-corrected chi connectivity index (χ2v) is 4.74. The van der Waals surface area contributed by atoms with E-state index >= 15 is 0 Å². The van der Waals surface area contributed by atoms with Crippen LogP contribution < -0.4 is 5.73 Å². The highest BCUT2D eigenvalue weighted by molar-refractivity contribution is 6.42. The van der Waals surface area contributed by atoms with Gasteiger partial charge in [-0.15, -0.1) is 0 Å². The Balaban J connectivity index is 2.57. The Bertz CT molecular complexity index is 534. The number of rotatable bonds is 4. The summed E-state index contributed by atoms with van der Waals surface area (Å²) in [6.07, 6.45) is 1.81. The van der Waals surface area contributed by atoms with Crippen LogP contribution in [-0.4, -0.2) is 16.1 Å². The summed E-state index contributed by atoms with van der Waals surface area (Å²) in [7, 11) is 0. The van der Waals surface area contributed by atoms with Crippen LogP contribution in [0.15, 0.2) is 12.1 Å². The minimum absolute atomic E-state index is 0.547. The van der Waals surface area contributed by atoms with E-state index in [0.29, 0.717) is 16.6 Å². The van der Waals surface area contributed by atoms with E-state index in [1.54, 1.807) is 0 Å². The largest absolute Gasteiger partial charge is 0.330 e. The third kappa shape index (κ3) is 2.41. The Hall–Kier alpha value is -0.770. The summed E-state index contributed by atoms with van der Waals surface area (Å²) in [4.78, 5) is 4.57. The molecule has 2 rings (SSSR count). The predicted molar refractivity (Wildman–Crippen MR) is 72.8 cm³/mol. The summed E-state index contributed by atoms with van der Waals surface area (Å²) < 4.78 is 2.17. The molecule has 0 aliphatic carbocycles. The van der Waals surface area contributed by atoms with Gasteiger partial charge >= 0.3 is 0 Å². The highest BCUT2D eigenvalue weighted by Gasteiger charge is 2.11. The minimum atomic E-state index is 0.547. The summed E-state index contributed by atoms with van der Waals surface area (Å²) >= 11 is 12.0. The lowest BCUT2D eigenvalue weighted by Gasteiger charge is -2.07. The van der Waals surface area contributed by atoms with E-state index in [4.69, 9.17) is 28.9 Å². The summed E-state index contributed by atoms with van der Waals surface area (Å²) in [5, 5.41) is 1.11. The number of imidazole rings is 1. The van der Waals surface area contributed by atoms with Crippen LogP contribution >= 0.6 is 23.2 Å². The van der Waals surface area contributed by atoms with Crippen molar-refractivity contribution in [3.05, 3.63) is 28.0 Å². The molecule has 0 fully saturated rings. The number of hydrogen-bond donors (Lipinski definition) is 1. The fourth-order valence-electron chi connectivity index (χ4n) is 1.94. The zero-order valence-electron chi connectivity index (χ0n) is 9.71. The molecule has 1 aromatic carbocycles. The zero-order valence-corrected chi connectivity index (χ0v) is 11.2. The fraction of sp³-hybridized carbons (Fsp3) is 0.417. The number of fused-ring (bicyclic) bond motifs is 1. The molecule has 0 saturated carbocycles. The highest BCUT2D eigenvalue weighted by Crippen LogP contribution is 2.28. The maximum Gasteiger partial charge on any atom is 0.109 e. The van der Waals surface area contributed by atoms with Crippen LogP contribution in [0.1, 0.15) is 19.2 Å². The first-order valence-corrected chi connectivity index (χ1v) is 6.47. The van der Waals surface area contributed by atoms with Crippen molar-refractivity contribution in [2.24, 2.45) is 5.73 Å². The standard InChI is InChI=1S/C12H15Cl2N3/c1-2-12-16-10-6-8(13)9(14)7-11(10)17(12)5-3-4-15/h6-7H,2-5,15H2,1H3. The van der Waals surface area contributed by atoms with Crippen molar-refractivity contribution in [1.29, 1.82) is 0 Å². The van der Waals surface area contributed by atoms with Gasteiger partial charge in [0.25, 0.3) is 0 Å². The van der Waals surface area contributed by atoms with Crippen LogP contribution in [-0.2, 0) is 13.0 Å². The highest BCUT2D eigenvalue weighted by atomic mass is 35.5. The average Bonchev–Trinajstić information content (AvgIpc) is 2.64. The maximum atomic E-state index is 6.05. The van der Waals surface area contributed by atoms with Crippen LogP contribution in [0.4, 0.5) is 0 Å². The van der Waals surface area contributed by atoms with Crippen molar-refractivity contribution in [2.45, 2.75) is 26.3 Å². The number of hydrogen-bond acceptors (Lipinski definition) is 2. The Morgan fingerprint density at radius 3 is 2.65 bits per heavy atom. The molecule has 3 nitrogen and oxygen atoms in total. The van der Waals surface area contributed by atoms with Crippen molar-refractivity contribution < 1.29 is 0 Å². The van der Waals surface area contributed by atoms with Crippen molar-refractivity contribution in [2.75, 3.05) is 6.54 Å². The van der Waals surface area contributed by atoms with Gasteiger partial charge in [-0.1, -0.05) is 30.1 Å². The summed E-state index contributed by atoms with van der Waals surface area (Å²) in [6.45, 7) is 3.63. The molecular weight excluding hydrogens is 257 g/mol. The van der Waals surface area contributed by atoms with Crippen molar-refractivity contribution >= 4 is 34.2 Å². The van der Waals surface area contributed by atoms with Gasteiger partial charge in [0.15, 0.2) is 0 Å². The molecular formula is C12H15Cl2N3. The predicted octanol–water partition coefficient (Wildman–Crippen LogP) is 3.25. The molecule has 0 spiro atoms. The minimum Gasteiger partial charge on any atom is -0.330 e. The number of halogens is 2. The number of aromatic nitrogens is 2. The third-order valence-corrected chi connectivity index (χ3v) is 3.49. The normalized spacial score (nSPS) is 11.3. The summed E-state index contributed by atoms with van der Waals surface area (Å²) in [5.41, 5.74) is 7.48.